The fraction of sp³-hybridized carbons (Fsp3) is 0.0714. The Balaban J connectivity index is 2.53. The average molecular weight is 250 g/mol. The minimum Gasteiger partial charge on any atom is -0.288 e. The molecule has 0 aliphatic carbocycles. The van der Waals surface area contributed by atoms with Gasteiger partial charge >= 0.3 is 0 Å². The van der Waals surface area contributed by atoms with E-state index in [1.54, 1.807) is 25.1 Å². The highest BCUT2D eigenvalue weighted by atomic mass is 19.2. The molecule has 2 aromatic rings. The number of carbonyl (C=O) groups excluding carboxylic acids is 1. The normalized spacial score (nSPS) is 10.4. The van der Waals surface area contributed by atoms with Gasteiger partial charge in [-0.2, -0.15) is 0 Å². The van der Waals surface area contributed by atoms with Crippen molar-refractivity contribution >= 4 is 5.78 Å². The van der Waals surface area contributed by atoms with Crippen LogP contribution in [0, 0.1) is 24.4 Å². The number of aryl methyl sites for hydroxylation is 1. The van der Waals surface area contributed by atoms with Crippen LogP contribution in [0.4, 0.5) is 13.2 Å². The van der Waals surface area contributed by atoms with Gasteiger partial charge in [0.05, 0.1) is 5.56 Å². The number of halogens is 3. The maximum atomic E-state index is 13.5. The van der Waals surface area contributed by atoms with Crippen LogP contribution < -0.4 is 0 Å². The standard InChI is InChI=1S/C14H9F3O/c1-8-4-2-3-5-9(8)14(18)10-6-12(16)13(17)7-11(10)15/h2-7H,1H3. The minimum absolute atomic E-state index is 0.266. The third-order valence-electron chi connectivity index (χ3n) is 2.64. The largest absolute Gasteiger partial charge is 0.288 e. The van der Waals surface area contributed by atoms with E-state index in [0.29, 0.717) is 17.7 Å². The van der Waals surface area contributed by atoms with Gasteiger partial charge in [0.25, 0.3) is 0 Å². The van der Waals surface area contributed by atoms with Crippen molar-refractivity contribution in [3.8, 4) is 0 Å². The van der Waals surface area contributed by atoms with Crippen molar-refractivity contribution in [1.82, 2.24) is 0 Å². The Kier molecular flexibility index (Phi) is 3.19. The van der Waals surface area contributed by atoms with E-state index in [4.69, 9.17) is 0 Å². The van der Waals surface area contributed by atoms with Crippen molar-refractivity contribution in [2.75, 3.05) is 0 Å². The quantitative estimate of drug-likeness (QED) is 0.587. The Morgan fingerprint density at radius 2 is 1.50 bits per heavy atom. The van der Waals surface area contributed by atoms with Gasteiger partial charge in [0.1, 0.15) is 5.82 Å². The fourth-order valence-corrected chi connectivity index (χ4v) is 1.67. The smallest absolute Gasteiger partial charge is 0.196 e. The Morgan fingerprint density at radius 3 is 2.17 bits per heavy atom. The summed E-state index contributed by atoms with van der Waals surface area (Å²) in [5.41, 5.74) is 0.442. The van der Waals surface area contributed by atoms with Crippen LogP contribution in [0.5, 0.6) is 0 Å². The van der Waals surface area contributed by atoms with Crippen molar-refractivity contribution < 1.29 is 18.0 Å². The second-order valence-corrected chi connectivity index (χ2v) is 3.89. The molecule has 0 saturated heterocycles. The topological polar surface area (TPSA) is 17.1 Å². The van der Waals surface area contributed by atoms with Crippen LogP contribution in [-0.2, 0) is 0 Å². The first-order chi connectivity index (χ1) is 8.50. The molecule has 0 aliphatic rings. The van der Waals surface area contributed by atoms with E-state index in [1.807, 2.05) is 0 Å². The van der Waals surface area contributed by atoms with Crippen LogP contribution >= 0.6 is 0 Å². The van der Waals surface area contributed by atoms with Crippen LogP contribution in [0.15, 0.2) is 36.4 Å². The number of hydrogen-bond acceptors (Lipinski definition) is 1. The molecule has 0 spiro atoms. The molecule has 92 valence electrons. The van der Waals surface area contributed by atoms with Gasteiger partial charge in [-0.1, -0.05) is 24.3 Å². The summed E-state index contributed by atoms with van der Waals surface area (Å²) in [4.78, 5) is 12.0. The van der Waals surface area contributed by atoms with Crippen LogP contribution in [0.3, 0.4) is 0 Å². The van der Waals surface area contributed by atoms with Crippen molar-refractivity contribution in [3.63, 3.8) is 0 Å². The molecule has 0 N–H and O–H groups in total. The molecule has 1 nitrogen and oxygen atoms in total. The first kappa shape index (κ1) is 12.4. The summed E-state index contributed by atoms with van der Waals surface area (Å²) < 4.78 is 39.3. The molecule has 0 amide bonds. The summed E-state index contributed by atoms with van der Waals surface area (Å²) in [6, 6.07) is 7.51. The van der Waals surface area contributed by atoms with Crippen molar-refractivity contribution in [3.05, 3.63) is 70.5 Å². The first-order valence-electron chi connectivity index (χ1n) is 5.25. The molecule has 0 heterocycles. The van der Waals surface area contributed by atoms with E-state index in [2.05, 4.69) is 0 Å². The zero-order chi connectivity index (χ0) is 13.3. The molecule has 4 heteroatoms. The van der Waals surface area contributed by atoms with Crippen molar-refractivity contribution in [2.24, 2.45) is 0 Å². The van der Waals surface area contributed by atoms with Gasteiger partial charge in [0.15, 0.2) is 17.4 Å². The molecule has 0 atom stereocenters. The molecule has 2 aromatic carbocycles. The molecule has 0 radical (unpaired) electrons. The summed E-state index contributed by atoms with van der Waals surface area (Å²) in [6.07, 6.45) is 0. The van der Waals surface area contributed by atoms with Crippen LogP contribution in [0.1, 0.15) is 21.5 Å². The van der Waals surface area contributed by atoms with Gasteiger partial charge in [-0.15, -0.1) is 0 Å². The SMILES string of the molecule is Cc1ccccc1C(=O)c1cc(F)c(F)cc1F. The van der Waals surface area contributed by atoms with Crippen LogP contribution in [0.2, 0.25) is 0 Å². The Morgan fingerprint density at radius 1 is 0.889 bits per heavy atom. The summed E-state index contributed by atoms with van der Waals surface area (Å²) in [5, 5.41) is 0. The summed E-state index contributed by atoms with van der Waals surface area (Å²) >= 11 is 0. The zero-order valence-electron chi connectivity index (χ0n) is 9.51. The lowest BCUT2D eigenvalue weighted by molar-refractivity contribution is 0.103. The lowest BCUT2D eigenvalue weighted by atomic mass is 9.99. The van der Waals surface area contributed by atoms with Gasteiger partial charge < -0.3 is 0 Å². The summed E-state index contributed by atoms with van der Waals surface area (Å²) in [5.74, 6) is -4.28. The molecule has 0 aliphatic heterocycles. The molecule has 2 rings (SSSR count). The fourth-order valence-electron chi connectivity index (χ4n) is 1.67. The molecule has 18 heavy (non-hydrogen) atoms. The number of carbonyl (C=O) groups is 1. The summed E-state index contributed by atoms with van der Waals surface area (Å²) in [7, 11) is 0. The third kappa shape index (κ3) is 2.14. The highest BCUT2D eigenvalue weighted by Crippen LogP contribution is 2.19. The highest BCUT2D eigenvalue weighted by Gasteiger charge is 2.18. The maximum Gasteiger partial charge on any atom is 0.196 e. The van der Waals surface area contributed by atoms with E-state index < -0.39 is 28.8 Å². The van der Waals surface area contributed by atoms with E-state index in [-0.39, 0.29) is 5.56 Å². The Hall–Kier alpha value is -2.10. The number of hydrogen-bond donors (Lipinski definition) is 0. The van der Waals surface area contributed by atoms with Crippen molar-refractivity contribution in [2.45, 2.75) is 6.92 Å². The van der Waals surface area contributed by atoms with E-state index in [1.165, 1.54) is 6.07 Å². The zero-order valence-corrected chi connectivity index (χ0v) is 9.51. The summed E-state index contributed by atoms with van der Waals surface area (Å²) in [6.45, 7) is 1.69. The van der Waals surface area contributed by atoms with Gasteiger partial charge in [-0.25, -0.2) is 13.2 Å². The minimum atomic E-state index is -1.31. The van der Waals surface area contributed by atoms with Gasteiger partial charge in [0, 0.05) is 11.6 Å². The lowest BCUT2D eigenvalue weighted by Gasteiger charge is -2.06. The number of benzene rings is 2. The monoisotopic (exact) mass is 250 g/mol. The predicted octanol–water partition coefficient (Wildman–Crippen LogP) is 3.64. The number of ketones is 1. The van der Waals surface area contributed by atoms with Crippen molar-refractivity contribution in [1.29, 1.82) is 0 Å². The van der Waals surface area contributed by atoms with E-state index in [9.17, 15) is 18.0 Å². The second-order valence-electron chi connectivity index (χ2n) is 3.89. The first-order valence-corrected chi connectivity index (χ1v) is 5.25. The van der Waals surface area contributed by atoms with Crippen LogP contribution in [-0.4, -0.2) is 5.78 Å². The van der Waals surface area contributed by atoms with E-state index >= 15 is 0 Å². The van der Waals surface area contributed by atoms with Crippen LogP contribution in [0.25, 0.3) is 0 Å². The molecule has 0 fully saturated rings. The van der Waals surface area contributed by atoms with Gasteiger partial charge in [-0.05, 0) is 18.6 Å². The molecule has 0 aromatic heterocycles. The van der Waals surface area contributed by atoms with E-state index in [0.717, 1.165) is 0 Å². The lowest BCUT2D eigenvalue weighted by Crippen LogP contribution is -2.07. The molecule has 0 bridgehead atoms. The van der Waals surface area contributed by atoms with Gasteiger partial charge in [-0.3, -0.25) is 4.79 Å². The average Bonchev–Trinajstić information content (AvgIpc) is 2.33. The number of rotatable bonds is 2. The second kappa shape index (κ2) is 4.64. The molecular weight excluding hydrogens is 241 g/mol. The maximum absolute atomic E-state index is 13.5. The molecule has 0 unspecified atom stereocenters. The highest BCUT2D eigenvalue weighted by molar-refractivity contribution is 6.10. The molecule has 0 saturated carbocycles. The Labute approximate surface area is 102 Å². The Bertz CT molecular complexity index is 620. The predicted molar refractivity (Wildman–Crippen MR) is 60.9 cm³/mol. The third-order valence-corrected chi connectivity index (χ3v) is 2.64. The molecular formula is C14H9F3O. The van der Waals surface area contributed by atoms with Gasteiger partial charge in [0.2, 0.25) is 0 Å².